The Hall–Kier alpha value is -7.46. The molecule has 0 bridgehead atoms. The molecule has 7 rings (SSSR count). The van der Waals surface area contributed by atoms with Crippen LogP contribution in [0.25, 0.3) is 0 Å². The Labute approximate surface area is 529 Å². The number of aromatic nitrogens is 4. The summed E-state index contributed by atoms with van der Waals surface area (Å²) in [6, 6.07) is 9.52. The number of fused-ring (bicyclic) bond motifs is 2. The second-order valence-electron chi connectivity index (χ2n) is 26.5. The van der Waals surface area contributed by atoms with E-state index in [9.17, 15) is 39.0 Å². The second-order valence-corrected chi connectivity index (χ2v) is 26.5. The lowest BCUT2D eigenvalue weighted by molar-refractivity contribution is -0.176. The number of nitrogens with zero attached hydrogens (tertiary/aromatic N) is 8. The maximum atomic E-state index is 15.2. The van der Waals surface area contributed by atoms with Gasteiger partial charge in [-0.15, -0.1) is 0 Å². The highest BCUT2D eigenvalue weighted by Gasteiger charge is 2.43. The lowest BCUT2D eigenvalue weighted by Crippen LogP contribution is -2.55. The van der Waals surface area contributed by atoms with Gasteiger partial charge in [-0.3, -0.25) is 28.5 Å². The minimum absolute atomic E-state index is 0.0661. The van der Waals surface area contributed by atoms with Crippen molar-refractivity contribution in [3.8, 4) is 0 Å². The number of aliphatic hydroxyl groups excluding tert-OH is 2. The van der Waals surface area contributed by atoms with Crippen LogP contribution in [0.15, 0.2) is 48.5 Å². The summed E-state index contributed by atoms with van der Waals surface area (Å²) in [5, 5.41) is 29.3. The quantitative estimate of drug-likeness (QED) is 0.0840. The summed E-state index contributed by atoms with van der Waals surface area (Å²) in [5.41, 5.74) is 8.64. The maximum Gasteiger partial charge on any atom is 0.329 e. The van der Waals surface area contributed by atoms with Gasteiger partial charge in [0.15, 0.2) is 24.4 Å². The summed E-state index contributed by atoms with van der Waals surface area (Å²) in [4.78, 5) is 123. The molecule has 4 amide bonds. The van der Waals surface area contributed by atoms with Crippen LogP contribution in [0.5, 0.6) is 0 Å². The predicted octanol–water partition coefficient (Wildman–Crippen LogP) is 6.12. The van der Waals surface area contributed by atoms with E-state index >= 15 is 9.59 Å². The topological polar surface area (TPSA) is 263 Å². The van der Waals surface area contributed by atoms with Gasteiger partial charge in [-0.1, -0.05) is 104 Å². The number of rotatable bonds is 18. The Morgan fingerprint density at radius 3 is 0.989 bits per heavy atom. The molecule has 2 aromatic carbocycles. The van der Waals surface area contributed by atoms with Gasteiger partial charge in [-0.25, -0.2) is 19.2 Å². The fourth-order valence-electron chi connectivity index (χ4n) is 12.5. The highest BCUT2D eigenvalue weighted by atomic mass is 16.6. The third-order valence-electron chi connectivity index (χ3n) is 17.5. The van der Waals surface area contributed by atoms with Crippen molar-refractivity contribution in [1.82, 2.24) is 39.2 Å². The first-order chi connectivity index (χ1) is 42.6. The smallest absolute Gasteiger partial charge is 0.329 e. The lowest BCUT2D eigenvalue weighted by atomic mass is 9.99. The molecule has 0 spiro atoms. The van der Waals surface area contributed by atoms with Crippen LogP contribution in [0.1, 0.15) is 164 Å². The predicted molar refractivity (Wildman–Crippen MR) is 334 cm³/mol. The summed E-state index contributed by atoms with van der Waals surface area (Å²) >= 11 is 0. The van der Waals surface area contributed by atoms with Crippen LogP contribution in [0.4, 0.5) is 0 Å². The first-order valence-corrected chi connectivity index (χ1v) is 32.0. The van der Waals surface area contributed by atoms with E-state index in [1.807, 2.05) is 113 Å². The zero-order valence-corrected chi connectivity index (χ0v) is 55.2. The Morgan fingerprint density at radius 1 is 0.422 bits per heavy atom. The number of amides is 4. The van der Waals surface area contributed by atoms with Gasteiger partial charge in [-0.05, 0) is 135 Å². The van der Waals surface area contributed by atoms with Gasteiger partial charge in [0.2, 0.25) is 0 Å². The Balaban J connectivity index is 1.24. The van der Waals surface area contributed by atoms with Gasteiger partial charge in [-0.2, -0.15) is 10.2 Å². The van der Waals surface area contributed by atoms with Crippen LogP contribution in [-0.2, 0) is 122 Å². The molecular formula is C68H96N8O14. The van der Waals surface area contributed by atoms with Crippen LogP contribution in [0.2, 0.25) is 0 Å². The van der Waals surface area contributed by atoms with Crippen LogP contribution in [0, 0.1) is 23.7 Å². The number of hydrogen-bond donors (Lipinski definition) is 2. The summed E-state index contributed by atoms with van der Waals surface area (Å²) in [6.45, 7) is 18.1. The van der Waals surface area contributed by atoms with Crippen molar-refractivity contribution < 1.29 is 67.5 Å². The zero-order chi connectivity index (χ0) is 66.0. The van der Waals surface area contributed by atoms with Gasteiger partial charge >= 0.3 is 23.9 Å². The van der Waals surface area contributed by atoms with Crippen LogP contribution < -0.4 is 0 Å². The van der Waals surface area contributed by atoms with E-state index in [1.54, 1.807) is 0 Å². The monoisotopic (exact) mass is 1250 g/mol. The van der Waals surface area contributed by atoms with E-state index in [2.05, 4.69) is 10.2 Å². The highest BCUT2D eigenvalue weighted by molar-refractivity contribution is 5.94. The molecule has 1 saturated heterocycles. The lowest BCUT2D eigenvalue weighted by Gasteiger charge is -2.35. The number of ether oxygens (including phenoxy) is 4. The molecular weight excluding hydrogens is 1150 g/mol. The SMILES string of the molecule is CC(C)C[C@H]1C(=O)O[C@H](Cc2ccc(Cn3nc(CO)c4c3CCC4)cc2)C(=O)N(C)[C@@H](CC(C)C)C(=O)O[C@H](C)C(=O)N(C)[C@@H](CC(C)C)C(=O)O[C@H](Cc2ccc(Cn3nc(CO)c4c3CCC4)cc2)C(=O)N(C)[C@@H](CC(C)C)C(=O)O[C@H](C)C(=O)N1C. The molecule has 0 unspecified atom stereocenters. The van der Waals surface area contributed by atoms with E-state index < -0.39 is 96.1 Å². The first kappa shape index (κ1) is 70.0. The van der Waals surface area contributed by atoms with Gasteiger partial charge in [0.1, 0.15) is 24.2 Å². The van der Waals surface area contributed by atoms with E-state index in [-0.39, 0.29) is 75.4 Å². The maximum absolute atomic E-state index is 15.2. The van der Waals surface area contributed by atoms with E-state index in [4.69, 9.17) is 18.9 Å². The van der Waals surface area contributed by atoms with Crippen molar-refractivity contribution in [2.75, 3.05) is 28.2 Å². The van der Waals surface area contributed by atoms with Gasteiger partial charge in [0.05, 0.1) is 37.7 Å². The fraction of sp³-hybridized carbons (Fsp3) is 0.618. The molecule has 492 valence electrons. The van der Waals surface area contributed by atoms with E-state index in [0.717, 1.165) is 91.8 Å². The molecule has 1 fully saturated rings. The highest BCUT2D eigenvalue weighted by Crippen LogP contribution is 2.30. The van der Waals surface area contributed by atoms with Crippen LogP contribution in [-0.4, -0.2) is 174 Å². The average Bonchev–Trinajstić information content (AvgIpc) is 2.10. The largest absolute Gasteiger partial charge is 0.451 e. The second kappa shape index (κ2) is 31.0. The van der Waals surface area contributed by atoms with E-state index in [1.165, 1.54) is 42.0 Å². The fourth-order valence-corrected chi connectivity index (χ4v) is 12.5. The number of likely N-dealkylation sites (N-methyl/N-ethyl adjacent to an activating group) is 4. The molecule has 2 aromatic heterocycles. The number of benzene rings is 2. The number of carbonyl (C=O) groups is 8. The minimum atomic E-state index is -1.56. The number of hydrogen-bond acceptors (Lipinski definition) is 16. The number of cyclic esters (lactones) is 4. The van der Waals surface area contributed by atoms with Crippen molar-refractivity contribution in [3.05, 3.63) is 105 Å². The molecule has 22 heteroatoms. The van der Waals surface area contributed by atoms with Crippen molar-refractivity contribution in [2.45, 2.75) is 221 Å². The average molecular weight is 1250 g/mol. The number of aliphatic hydroxyl groups is 2. The van der Waals surface area contributed by atoms with Crippen molar-refractivity contribution >= 4 is 47.5 Å². The molecule has 90 heavy (non-hydrogen) atoms. The Morgan fingerprint density at radius 2 is 0.700 bits per heavy atom. The summed E-state index contributed by atoms with van der Waals surface area (Å²) in [5.74, 6) is -7.61. The Kier molecular flexibility index (Phi) is 24.1. The molecule has 2 aliphatic carbocycles. The number of esters is 4. The van der Waals surface area contributed by atoms with Crippen molar-refractivity contribution in [2.24, 2.45) is 23.7 Å². The summed E-state index contributed by atoms with van der Waals surface area (Å²) < 4.78 is 28.2. The van der Waals surface area contributed by atoms with Gasteiger partial charge in [0, 0.05) is 52.4 Å². The van der Waals surface area contributed by atoms with Crippen molar-refractivity contribution in [3.63, 3.8) is 0 Å². The molecule has 8 atom stereocenters. The van der Waals surface area contributed by atoms with E-state index in [0.29, 0.717) is 35.6 Å². The minimum Gasteiger partial charge on any atom is -0.451 e. The van der Waals surface area contributed by atoms with Crippen LogP contribution in [0.3, 0.4) is 0 Å². The standard InChI is InChI=1S/C68H96N8O14/c1-39(2)29-55-65(83)87-43(9)61(79)71(11)58(32-42(7)8)68(86)90-60(34-46-23-27-48(28-24-46)36-76-54-20-16-18-50(54)52(38-78)70-76)64(82)74(14)56(30-40(3)4)66(84)88-44(10)62(80)72(12)57(31-41(5)6)67(85)89-59(63(81)73(55)13)33-45-21-25-47(26-22-45)35-75-53-19-15-17-49(53)51(37-77)69-75/h21-28,39-44,55-60,77-78H,15-20,29-38H2,1-14H3/t43-,44-,55+,56+,57+,58+,59-,60-/m1/s1. The molecule has 2 N–H and O–H groups in total. The third kappa shape index (κ3) is 17.1. The van der Waals surface area contributed by atoms with Gasteiger partial charge < -0.3 is 48.8 Å². The molecule has 0 saturated carbocycles. The summed E-state index contributed by atoms with van der Waals surface area (Å²) in [6.07, 6.45) is -0.836. The molecule has 22 nitrogen and oxygen atoms in total. The normalized spacial score (nSPS) is 23.2. The Bertz CT molecular complexity index is 2960. The molecule has 1 aliphatic heterocycles. The number of carbonyl (C=O) groups excluding carboxylic acids is 8. The molecule has 3 aliphatic rings. The zero-order valence-electron chi connectivity index (χ0n) is 55.2. The third-order valence-corrected chi connectivity index (χ3v) is 17.5. The first-order valence-electron chi connectivity index (χ1n) is 32.0. The van der Waals surface area contributed by atoms with Crippen molar-refractivity contribution in [1.29, 1.82) is 0 Å². The van der Waals surface area contributed by atoms with Crippen LogP contribution >= 0.6 is 0 Å². The molecule has 3 heterocycles. The molecule has 0 radical (unpaired) electrons. The van der Waals surface area contributed by atoms with Gasteiger partial charge in [0.25, 0.3) is 23.6 Å². The molecule has 4 aromatic rings. The summed E-state index contributed by atoms with van der Waals surface area (Å²) in [7, 11) is 5.56.